The summed E-state index contributed by atoms with van der Waals surface area (Å²) >= 11 is 0. The molecule has 2 amide bonds. The van der Waals surface area contributed by atoms with Gasteiger partial charge in [0.05, 0.1) is 6.54 Å². The lowest BCUT2D eigenvalue weighted by atomic mass is 10.0. The van der Waals surface area contributed by atoms with Gasteiger partial charge in [-0.05, 0) is 37.1 Å². The zero-order valence-electron chi connectivity index (χ0n) is 16.3. The molecule has 10 nitrogen and oxygen atoms in total. The number of phenolic OH excluding ortho intramolecular Hbond substituents is 1. The van der Waals surface area contributed by atoms with E-state index in [2.05, 4.69) is 5.32 Å². The Morgan fingerprint density at radius 2 is 1.65 bits per heavy atom. The Bertz CT molecular complexity index is 894. The van der Waals surface area contributed by atoms with E-state index in [-0.39, 0.29) is 18.0 Å². The predicted octanol–water partition coefficient (Wildman–Crippen LogP) is 0.731. The minimum atomic E-state index is -5.08. The van der Waals surface area contributed by atoms with Crippen LogP contribution in [0.3, 0.4) is 0 Å². The average Bonchev–Trinajstić information content (AvgIpc) is 2.65. The Kier molecular flexibility index (Phi) is 8.15. The van der Waals surface area contributed by atoms with Gasteiger partial charge in [-0.3, -0.25) is 9.59 Å². The molecule has 2 rings (SSSR count). The molecular formula is C18H20F3N3O7. The number of hydrogen-bond acceptors (Lipinski definition) is 6. The lowest BCUT2D eigenvalue weighted by Crippen LogP contribution is -2.64. The molecule has 1 fully saturated rings. The monoisotopic (exact) mass is 447 g/mol. The van der Waals surface area contributed by atoms with E-state index in [1.54, 1.807) is 13.8 Å². The lowest BCUT2D eigenvalue weighted by Gasteiger charge is -2.39. The molecule has 13 heteroatoms. The molecule has 1 aromatic rings. The minimum absolute atomic E-state index is 0.0547. The molecule has 1 aliphatic heterocycles. The number of hydrogen-bond donors (Lipinski definition) is 5. The first-order valence-electron chi connectivity index (χ1n) is 8.54. The fourth-order valence-electron chi connectivity index (χ4n) is 2.43. The summed E-state index contributed by atoms with van der Waals surface area (Å²) in [7, 11) is 0. The van der Waals surface area contributed by atoms with Gasteiger partial charge in [-0.2, -0.15) is 13.2 Å². The van der Waals surface area contributed by atoms with Gasteiger partial charge in [0.1, 0.15) is 23.5 Å². The third-order valence-electron chi connectivity index (χ3n) is 3.97. The van der Waals surface area contributed by atoms with E-state index in [0.717, 1.165) is 4.90 Å². The van der Waals surface area contributed by atoms with E-state index in [9.17, 15) is 32.7 Å². The predicted molar refractivity (Wildman–Crippen MR) is 98.4 cm³/mol. The van der Waals surface area contributed by atoms with Crippen LogP contribution in [0.2, 0.25) is 0 Å². The molecule has 6 N–H and O–H groups in total. The fourth-order valence-corrected chi connectivity index (χ4v) is 2.43. The maximum Gasteiger partial charge on any atom is 0.490 e. The van der Waals surface area contributed by atoms with Crippen LogP contribution in [-0.4, -0.2) is 62.7 Å². The van der Waals surface area contributed by atoms with Crippen molar-refractivity contribution >= 4 is 23.8 Å². The summed E-state index contributed by atoms with van der Waals surface area (Å²) in [5.74, 6) is -4.92. The number of carbonyl (C=O) groups excluding carboxylic acids is 2. The summed E-state index contributed by atoms with van der Waals surface area (Å²) in [5, 5.41) is 28.0. The van der Waals surface area contributed by atoms with Gasteiger partial charge in [-0.15, -0.1) is 0 Å². The van der Waals surface area contributed by atoms with Gasteiger partial charge < -0.3 is 31.3 Å². The van der Waals surface area contributed by atoms with E-state index in [0.29, 0.717) is 11.1 Å². The first kappa shape index (κ1) is 25.4. The largest absolute Gasteiger partial charge is 0.508 e. The van der Waals surface area contributed by atoms with Crippen LogP contribution in [0.25, 0.3) is 0 Å². The molecule has 0 aliphatic carbocycles. The third kappa shape index (κ3) is 6.70. The first-order chi connectivity index (χ1) is 14.2. The summed E-state index contributed by atoms with van der Waals surface area (Å²) < 4.78 is 31.7. The number of alkyl halides is 3. The molecule has 1 saturated heterocycles. The molecule has 1 heterocycles. The quantitative estimate of drug-likeness (QED) is 0.325. The van der Waals surface area contributed by atoms with Crippen molar-refractivity contribution in [1.82, 2.24) is 10.2 Å². The number of benzene rings is 1. The van der Waals surface area contributed by atoms with Gasteiger partial charge in [-0.1, -0.05) is 12.1 Å². The van der Waals surface area contributed by atoms with Crippen molar-refractivity contribution in [3.05, 3.63) is 41.1 Å². The van der Waals surface area contributed by atoms with Crippen LogP contribution in [0.15, 0.2) is 35.5 Å². The van der Waals surface area contributed by atoms with Crippen molar-refractivity contribution < 1.29 is 47.7 Å². The molecule has 0 saturated carbocycles. The van der Waals surface area contributed by atoms with Crippen molar-refractivity contribution in [3.8, 4) is 5.75 Å². The summed E-state index contributed by atoms with van der Waals surface area (Å²) in [6.45, 7) is 3.28. The van der Waals surface area contributed by atoms with Gasteiger partial charge in [0.25, 0.3) is 5.91 Å². The smallest absolute Gasteiger partial charge is 0.490 e. The highest BCUT2D eigenvalue weighted by Gasteiger charge is 2.42. The van der Waals surface area contributed by atoms with Gasteiger partial charge in [0.15, 0.2) is 0 Å². The molecule has 31 heavy (non-hydrogen) atoms. The van der Waals surface area contributed by atoms with Crippen LogP contribution in [-0.2, 0) is 19.2 Å². The van der Waals surface area contributed by atoms with Crippen LogP contribution in [0, 0.1) is 0 Å². The lowest BCUT2D eigenvalue weighted by molar-refractivity contribution is -0.192. The van der Waals surface area contributed by atoms with Gasteiger partial charge in [-0.25, -0.2) is 9.59 Å². The summed E-state index contributed by atoms with van der Waals surface area (Å²) in [6.07, 6.45) is -5.08. The topological polar surface area (TPSA) is 170 Å². The van der Waals surface area contributed by atoms with E-state index in [1.807, 2.05) is 0 Å². The first-order valence-corrected chi connectivity index (χ1v) is 8.54. The Hall–Kier alpha value is -3.61. The van der Waals surface area contributed by atoms with Crippen LogP contribution in [0.1, 0.15) is 25.5 Å². The second kappa shape index (κ2) is 9.93. The van der Waals surface area contributed by atoms with Crippen molar-refractivity contribution in [2.75, 3.05) is 6.54 Å². The number of aliphatic carboxylic acids is 2. The number of rotatable bonds is 5. The number of carbonyl (C=O) groups is 4. The van der Waals surface area contributed by atoms with E-state index in [4.69, 9.17) is 20.7 Å². The van der Waals surface area contributed by atoms with E-state index in [1.165, 1.54) is 24.3 Å². The zero-order chi connectivity index (χ0) is 24.1. The van der Waals surface area contributed by atoms with Gasteiger partial charge in [0, 0.05) is 0 Å². The fraction of sp³-hybridized carbons (Fsp3) is 0.333. The molecule has 0 aromatic heterocycles. The normalized spacial score (nSPS) is 16.3. The number of carboxylic acids is 2. The molecular weight excluding hydrogens is 427 g/mol. The molecule has 0 spiro atoms. The number of nitrogens with zero attached hydrogens (tertiary/aromatic N) is 1. The highest BCUT2D eigenvalue weighted by Crippen LogP contribution is 2.22. The maximum atomic E-state index is 12.1. The summed E-state index contributed by atoms with van der Waals surface area (Å²) in [4.78, 5) is 45.4. The highest BCUT2D eigenvalue weighted by molar-refractivity contribution is 6.00. The number of amides is 2. The van der Waals surface area contributed by atoms with E-state index < -0.39 is 42.0 Å². The standard InChI is InChI=1S/C16H19N3O5.C2HF3O2/c1-8(2)13(16(23)24)19-7-11(15(19)22)18-14(21)12(17)9-3-5-10(20)6-4-9;3-2(4,5)1(6)7/h3-6,11-12,20H,7,17H2,1-2H3,(H,18,21)(H,23,24);(H,6,7)/t11?,12-;/m1./s1. The Morgan fingerprint density at radius 1 is 1.16 bits per heavy atom. The maximum absolute atomic E-state index is 12.1. The van der Waals surface area contributed by atoms with Crippen molar-refractivity contribution in [2.24, 2.45) is 5.73 Å². The Morgan fingerprint density at radius 3 is 2.00 bits per heavy atom. The number of likely N-dealkylation sites (tertiary alicyclic amines) is 1. The van der Waals surface area contributed by atoms with Crippen molar-refractivity contribution in [3.63, 3.8) is 0 Å². The molecule has 2 atom stereocenters. The average molecular weight is 447 g/mol. The van der Waals surface area contributed by atoms with E-state index >= 15 is 0 Å². The van der Waals surface area contributed by atoms with Crippen LogP contribution in [0.5, 0.6) is 5.75 Å². The van der Waals surface area contributed by atoms with Crippen molar-refractivity contribution in [2.45, 2.75) is 32.1 Å². The number of carboxylic acid groups (broad SMARTS) is 2. The molecule has 1 unspecified atom stereocenters. The zero-order valence-corrected chi connectivity index (χ0v) is 16.3. The second-order valence-electron chi connectivity index (χ2n) is 6.54. The molecule has 0 bridgehead atoms. The summed E-state index contributed by atoms with van der Waals surface area (Å²) in [6, 6.07) is 4.06. The summed E-state index contributed by atoms with van der Waals surface area (Å²) in [5.41, 5.74) is 6.75. The van der Waals surface area contributed by atoms with Crippen LogP contribution < -0.4 is 11.1 Å². The molecule has 0 radical (unpaired) electrons. The minimum Gasteiger partial charge on any atom is -0.508 e. The van der Waals surface area contributed by atoms with Gasteiger partial charge >= 0.3 is 18.1 Å². The number of aromatic hydroxyl groups is 1. The molecule has 170 valence electrons. The number of allylic oxidation sites excluding steroid dienone is 1. The second-order valence-corrected chi connectivity index (χ2v) is 6.54. The molecule has 1 aliphatic rings. The third-order valence-corrected chi connectivity index (χ3v) is 3.97. The van der Waals surface area contributed by atoms with Crippen LogP contribution >= 0.6 is 0 Å². The Labute approximate surface area is 173 Å². The molecule has 1 aromatic carbocycles. The number of nitrogens with two attached hydrogens (primary N) is 1. The number of nitrogens with one attached hydrogen (secondary N) is 1. The number of halogens is 3. The van der Waals surface area contributed by atoms with Gasteiger partial charge in [0.2, 0.25) is 5.91 Å². The van der Waals surface area contributed by atoms with Crippen LogP contribution in [0.4, 0.5) is 13.2 Å². The number of phenols is 1. The number of β-lactam (4-membered cyclic amide) rings is 1. The highest BCUT2D eigenvalue weighted by atomic mass is 19.4. The van der Waals surface area contributed by atoms with Crippen molar-refractivity contribution in [1.29, 1.82) is 0 Å². The SMILES string of the molecule is CC(C)=C(C(=O)O)N1CC(NC(=O)[C@H](N)c2ccc(O)cc2)C1=O.O=C(O)C(F)(F)F. The Balaban J connectivity index is 0.000000592.